The van der Waals surface area contributed by atoms with Crippen LogP contribution in [-0.2, 0) is 11.2 Å². The Balaban J connectivity index is 2.43. The fraction of sp³-hybridized carbons (Fsp3) is 0.765. The van der Waals surface area contributed by atoms with Gasteiger partial charge in [0, 0.05) is 17.8 Å². The molecule has 2 atom stereocenters. The lowest BCUT2D eigenvalue weighted by Crippen LogP contribution is -2.51. The summed E-state index contributed by atoms with van der Waals surface area (Å²) in [5.41, 5.74) is 4.95. The van der Waals surface area contributed by atoms with Crippen LogP contribution in [0.1, 0.15) is 76.2 Å². The predicted octanol–water partition coefficient (Wildman–Crippen LogP) is 2.58. The van der Waals surface area contributed by atoms with E-state index >= 15 is 0 Å². The number of imidazole rings is 1. The number of hydrogen-bond acceptors (Lipinski definition) is 4. The number of aliphatic hydroxyl groups excluding tert-OH is 1. The van der Waals surface area contributed by atoms with Crippen molar-refractivity contribution < 1.29 is 15.0 Å². The first-order chi connectivity index (χ1) is 10.9. The first-order valence-electron chi connectivity index (χ1n) is 8.60. The van der Waals surface area contributed by atoms with Crippen LogP contribution in [0.2, 0.25) is 0 Å². The van der Waals surface area contributed by atoms with E-state index < -0.39 is 18.1 Å². The fourth-order valence-electron chi connectivity index (χ4n) is 2.56. The SMILES string of the molecule is CCCCCCCC(C)c1ncc(CCC(N)(CO)C(=O)O)[nH]1. The predicted molar refractivity (Wildman–Crippen MR) is 90.3 cm³/mol. The number of unbranched alkanes of at least 4 members (excludes halogenated alkanes) is 4. The van der Waals surface area contributed by atoms with E-state index in [1.54, 1.807) is 6.20 Å². The zero-order chi connectivity index (χ0) is 17.3. The summed E-state index contributed by atoms with van der Waals surface area (Å²) in [5.74, 6) is 0.128. The number of aliphatic carboxylic acids is 1. The highest BCUT2D eigenvalue weighted by molar-refractivity contribution is 5.78. The Hall–Kier alpha value is -1.40. The van der Waals surface area contributed by atoms with E-state index in [0.717, 1.165) is 17.9 Å². The van der Waals surface area contributed by atoms with E-state index in [-0.39, 0.29) is 6.42 Å². The number of nitrogens with one attached hydrogen (secondary N) is 1. The third-order valence-corrected chi connectivity index (χ3v) is 4.40. The van der Waals surface area contributed by atoms with Crippen molar-refractivity contribution >= 4 is 5.97 Å². The number of carbonyl (C=O) groups is 1. The normalized spacial score (nSPS) is 15.3. The number of aliphatic hydroxyl groups is 1. The van der Waals surface area contributed by atoms with Crippen LogP contribution in [0.5, 0.6) is 0 Å². The van der Waals surface area contributed by atoms with Crippen LogP contribution in [0.25, 0.3) is 0 Å². The Bertz CT molecular complexity index is 475. The number of carboxylic acid groups (broad SMARTS) is 1. The monoisotopic (exact) mass is 325 g/mol. The second kappa shape index (κ2) is 9.67. The van der Waals surface area contributed by atoms with E-state index in [0.29, 0.717) is 12.3 Å². The maximum atomic E-state index is 11.1. The highest BCUT2D eigenvalue weighted by Crippen LogP contribution is 2.20. The number of aromatic nitrogens is 2. The minimum absolute atomic E-state index is 0.172. The molecule has 5 N–H and O–H groups in total. The molecule has 0 aliphatic heterocycles. The molecule has 6 nitrogen and oxygen atoms in total. The summed E-state index contributed by atoms with van der Waals surface area (Å²) in [7, 11) is 0. The minimum atomic E-state index is -1.59. The van der Waals surface area contributed by atoms with Crippen molar-refractivity contribution in [1.29, 1.82) is 0 Å². The molecule has 6 heteroatoms. The smallest absolute Gasteiger partial charge is 0.326 e. The number of aromatic amines is 1. The summed E-state index contributed by atoms with van der Waals surface area (Å²) in [6, 6.07) is 0. The van der Waals surface area contributed by atoms with Crippen molar-refractivity contribution in [2.24, 2.45) is 5.73 Å². The Kier molecular flexibility index (Phi) is 8.26. The molecule has 0 saturated carbocycles. The molecule has 0 aromatic carbocycles. The molecule has 23 heavy (non-hydrogen) atoms. The lowest BCUT2D eigenvalue weighted by atomic mass is 9.95. The summed E-state index contributed by atoms with van der Waals surface area (Å²) < 4.78 is 0. The van der Waals surface area contributed by atoms with Crippen molar-refractivity contribution in [3.05, 3.63) is 17.7 Å². The average Bonchev–Trinajstić information content (AvgIpc) is 3.01. The number of nitrogens with two attached hydrogens (primary N) is 1. The van der Waals surface area contributed by atoms with Crippen LogP contribution in [-0.4, -0.2) is 38.3 Å². The molecule has 0 amide bonds. The quantitative estimate of drug-likeness (QED) is 0.441. The van der Waals surface area contributed by atoms with Crippen molar-refractivity contribution in [1.82, 2.24) is 9.97 Å². The summed E-state index contributed by atoms with van der Waals surface area (Å²) in [6.07, 6.45) is 9.78. The number of nitrogens with zero attached hydrogens (tertiary/aromatic N) is 1. The van der Waals surface area contributed by atoms with Gasteiger partial charge in [-0.1, -0.05) is 46.0 Å². The molecule has 0 saturated heterocycles. The van der Waals surface area contributed by atoms with Crippen molar-refractivity contribution in [2.45, 2.75) is 76.7 Å². The molecule has 1 heterocycles. The topological polar surface area (TPSA) is 112 Å². The molecule has 0 spiro atoms. The van der Waals surface area contributed by atoms with Gasteiger partial charge in [-0.15, -0.1) is 0 Å². The Morgan fingerprint density at radius 1 is 1.39 bits per heavy atom. The van der Waals surface area contributed by atoms with Crippen LogP contribution in [0.15, 0.2) is 6.20 Å². The minimum Gasteiger partial charge on any atom is -0.480 e. The fourth-order valence-corrected chi connectivity index (χ4v) is 2.56. The first kappa shape index (κ1) is 19.6. The van der Waals surface area contributed by atoms with Gasteiger partial charge in [0.1, 0.15) is 11.4 Å². The number of carboxylic acids is 1. The molecule has 0 fully saturated rings. The van der Waals surface area contributed by atoms with Crippen LogP contribution in [0, 0.1) is 0 Å². The molecule has 1 aromatic heterocycles. The summed E-state index contributed by atoms with van der Waals surface area (Å²) in [5, 5.41) is 18.2. The molecular weight excluding hydrogens is 294 g/mol. The van der Waals surface area contributed by atoms with Crippen molar-refractivity contribution in [2.75, 3.05) is 6.61 Å². The zero-order valence-corrected chi connectivity index (χ0v) is 14.3. The van der Waals surface area contributed by atoms with Gasteiger partial charge in [-0.05, 0) is 19.3 Å². The molecule has 132 valence electrons. The van der Waals surface area contributed by atoms with Gasteiger partial charge in [0.2, 0.25) is 0 Å². The van der Waals surface area contributed by atoms with Crippen molar-refractivity contribution in [3.63, 3.8) is 0 Å². The van der Waals surface area contributed by atoms with Gasteiger partial charge in [0.15, 0.2) is 0 Å². The van der Waals surface area contributed by atoms with Gasteiger partial charge in [0.25, 0.3) is 0 Å². The third kappa shape index (κ3) is 6.31. The van der Waals surface area contributed by atoms with Gasteiger partial charge < -0.3 is 20.9 Å². The van der Waals surface area contributed by atoms with Crippen molar-refractivity contribution in [3.8, 4) is 0 Å². The Labute approximate surface area is 138 Å². The van der Waals surface area contributed by atoms with E-state index in [2.05, 4.69) is 23.8 Å². The molecular formula is C17H31N3O3. The van der Waals surface area contributed by atoms with E-state index in [4.69, 9.17) is 15.9 Å². The molecule has 2 unspecified atom stereocenters. The third-order valence-electron chi connectivity index (χ3n) is 4.40. The maximum absolute atomic E-state index is 11.1. The molecule has 1 aromatic rings. The second-order valence-corrected chi connectivity index (χ2v) is 6.52. The van der Waals surface area contributed by atoms with Gasteiger partial charge >= 0.3 is 5.97 Å². The second-order valence-electron chi connectivity index (χ2n) is 6.52. The van der Waals surface area contributed by atoms with Crippen LogP contribution in [0.4, 0.5) is 0 Å². The van der Waals surface area contributed by atoms with E-state index in [1.165, 1.54) is 32.1 Å². The Morgan fingerprint density at radius 2 is 2.09 bits per heavy atom. The van der Waals surface area contributed by atoms with Crippen LogP contribution >= 0.6 is 0 Å². The number of rotatable bonds is 12. The average molecular weight is 325 g/mol. The number of hydrogen-bond donors (Lipinski definition) is 4. The highest BCUT2D eigenvalue weighted by Gasteiger charge is 2.32. The number of aryl methyl sites for hydroxylation is 1. The maximum Gasteiger partial charge on any atom is 0.326 e. The molecule has 0 aliphatic carbocycles. The lowest BCUT2D eigenvalue weighted by Gasteiger charge is -2.21. The molecule has 1 rings (SSSR count). The Morgan fingerprint density at radius 3 is 2.70 bits per heavy atom. The largest absolute Gasteiger partial charge is 0.480 e. The molecule has 0 aliphatic rings. The summed E-state index contributed by atoms with van der Waals surface area (Å²) in [6.45, 7) is 3.79. The molecule has 0 radical (unpaired) electrons. The van der Waals surface area contributed by atoms with Gasteiger partial charge in [-0.2, -0.15) is 0 Å². The first-order valence-corrected chi connectivity index (χ1v) is 8.60. The summed E-state index contributed by atoms with van der Waals surface area (Å²) >= 11 is 0. The summed E-state index contributed by atoms with van der Waals surface area (Å²) in [4.78, 5) is 18.7. The standard InChI is InChI=1S/C17H31N3O3/c1-3-4-5-6-7-8-13(2)15-19-11-14(20-15)9-10-17(18,12-21)16(22)23/h11,13,21H,3-10,12,18H2,1-2H3,(H,19,20)(H,22,23). The van der Waals surface area contributed by atoms with Crippen LogP contribution in [0.3, 0.4) is 0 Å². The van der Waals surface area contributed by atoms with Crippen LogP contribution < -0.4 is 5.73 Å². The number of H-pyrrole nitrogens is 1. The van der Waals surface area contributed by atoms with Gasteiger partial charge in [-0.3, -0.25) is 4.79 Å². The molecule has 0 bridgehead atoms. The van der Waals surface area contributed by atoms with Gasteiger partial charge in [0.05, 0.1) is 6.61 Å². The lowest BCUT2D eigenvalue weighted by molar-refractivity contribution is -0.145. The van der Waals surface area contributed by atoms with E-state index in [9.17, 15) is 4.79 Å². The highest BCUT2D eigenvalue weighted by atomic mass is 16.4. The zero-order valence-electron chi connectivity index (χ0n) is 14.3. The van der Waals surface area contributed by atoms with Gasteiger partial charge in [-0.25, -0.2) is 4.98 Å². The van der Waals surface area contributed by atoms with E-state index in [1.807, 2.05) is 0 Å².